The first-order valence-corrected chi connectivity index (χ1v) is 8.86. The smallest absolute Gasteiger partial charge is 0.0795 e. The van der Waals surface area contributed by atoms with Crippen molar-refractivity contribution < 1.29 is 4.74 Å². The van der Waals surface area contributed by atoms with Crippen LogP contribution in [0.3, 0.4) is 0 Å². The minimum atomic E-state index is 0.209. The number of allylic oxidation sites excluding steroid dienone is 2. The van der Waals surface area contributed by atoms with E-state index >= 15 is 0 Å². The highest BCUT2D eigenvalue weighted by Gasteiger charge is 2.40. The quantitative estimate of drug-likeness (QED) is 0.776. The van der Waals surface area contributed by atoms with Gasteiger partial charge in [0.15, 0.2) is 0 Å². The van der Waals surface area contributed by atoms with Gasteiger partial charge in [-0.1, -0.05) is 11.6 Å². The Balaban J connectivity index is 1.74. The molecule has 2 fully saturated rings. The Bertz CT molecular complexity index is 306. The molecule has 2 aliphatic heterocycles. The summed E-state index contributed by atoms with van der Waals surface area (Å²) in [5, 5.41) is 3.83. The summed E-state index contributed by atoms with van der Waals surface area (Å²) in [5.41, 5.74) is 1.64. The second kappa shape index (κ2) is 7.14. The van der Waals surface area contributed by atoms with E-state index in [0.717, 1.165) is 6.61 Å². The van der Waals surface area contributed by atoms with Crippen LogP contribution in [0.5, 0.6) is 0 Å². The number of nitrogens with one attached hydrogen (secondary N) is 1. The molecular weight excluding hydrogens is 254 g/mol. The van der Waals surface area contributed by atoms with Gasteiger partial charge in [0.2, 0.25) is 0 Å². The first-order valence-electron chi connectivity index (χ1n) is 7.71. The number of hydrogen-bond acceptors (Lipinski definition) is 3. The Morgan fingerprint density at radius 1 is 1.53 bits per heavy atom. The fourth-order valence-corrected chi connectivity index (χ4v) is 4.52. The van der Waals surface area contributed by atoms with Gasteiger partial charge in [-0.3, -0.25) is 0 Å². The summed E-state index contributed by atoms with van der Waals surface area (Å²) in [4.78, 5) is 0. The molecular formula is C16H29NOS. The zero-order valence-electron chi connectivity index (χ0n) is 12.7. The van der Waals surface area contributed by atoms with Crippen LogP contribution in [0.2, 0.25) is 0 Å². The van der Waals surface area contributed by atoms with Crippen molar-refractivity contribution in [2.45, 2.75) is 70.6 Å². The summed E-state index contributed by atoms with van der Waals surface area (Å²) < 4.78 is 6.08. The number of ether oxygens (including phenoxy) is 1. The van der Waals surface area contributed by atoms with E-state index in [1.54, 1.807) is 0 Å². The van der Waals surface area contributed by atoms with Gasteiger partial charge in [-0.15, -0.1) is 0 Å². The molecule has 0 amide bonds. The first-order chi connectivity index (χ1) is 9.10. The summed E-state index contributed by atoms with van der Waals surface area (Å²) in [7, 11) is 0. The van der Waals surface area contributed by atoms with Crippen molar-refractivity contribution in [3.63, 3.8) is 0 Å². The van der Waals surface area contributed by atoms with E-state index in [-0.39, 0.29) is 5.60 Å². The number of rotatable bonds is 5. The highest BCUT2D eigenvalue weighted by atomic mass is 32.2. The van der Waals surface area contributed by atoms with Crippen LogP contribution in [0, 0.1) is 0 Å². The third kappa shape index (κ3) is 4.80. The van der Waals surface area contributed by atoms with Crippen LogP contribution in [0.4, 0.5) is 0 Å². The molecule has 0 aliphatic carbocycles. The molecule has 2 heterocycles. The summed E-state index contributed by atoms with van der Waals surface area (Å²) >= 11 is 2.06. The standard InChI is InChI=1S/C16H29NOS/c1-13(2)5-4-6-14(3)17-15-7-9-18-16(11-15)8-10-19-12-16/h5,14-15,17H,4,6-12H2,1-3H3/t14-,15-,16-/m0/s1. The third-order valence-electron chi connectivity index (χ3n) is 4.23. The molecule has 1 spiro atoms. The largest absolute Gasteiger partial charge is 0.374 e. The molecule has 0 aromatic rings. The molecule has 2 saturated heterocycles. The van der Waals surface area contributed by atoms with Gasteiger partial charge in [0, 0.05) is 24.4 Å². The Morgan fingerprint density at radius 3 is 3.05 bits per heavy atom. The van der Waals surface area contributed by atoms with Crippen LogP contribution in [-0.2, 0) is 4.74 Å². The fourth-order valence-electron chi connectivity index (χ4n) is 3.14. The Labute approximate surface area is 122 Å². The Morgan fingerprint density at radius 2 is 2.37 bits per heavy atom. The van der Waals surface area contributed by atoms with Gasteiger partial charge >= 0.3 is 0 Å². The Hall–Kier alpha value is 0.0100. The van der Waals surface area contributed by atoms with E-state index in [4.69, 9.17) is 4.74 Å². The van der Waals surface area contributed by atoms with Crippen LogP contribution in [0.15, 0.2) is 11.6 Å². The van der Waals surface area contributed by atoms with Crippen LogP contribution in [0.1, 0.15) is 52.9 Å². The van der Waals surface area contributed by atoms with E-state index in [9.17, 15) is 0 Å². The van der Waals surface area contributed by atoms with Crippen LogP contribution in [0.25, 0.3) is 0 Å². The average molecular weight is 283 g/mol. The lowest BCUT2D eigenvalue weighted by Gasteiger charge is -2.39. The van der Waals surface area contributed by atoms with E-state index in [1.165, 1.54) is 49.2 Å². The second-order valence-electron chi connectivity index (χ2n) is 6.45. The molecule has 0 aromatic carbocycles. The maximum Gasteiger partial charge on any atom is 0.0795 e. The van der Waals surface area contributed by atoms with Gasteiger partial charge in [-0.25, -0.2) is 0 Å². The lowest BCUT2D eigenvalue weighted by Crippen LogP contribution is -2.49. The lowest BCUT2D eigenvalue weighted by molar-refractivity contribution is -0.0711. The zero-order valence-corrected chi connectivity index (χ0v) is 13.5. The summed E-state index contributed by atoms with van der Waals surface area (Å²) in [6.07, 6.45) is 8.43. The molecule has 0 bridgehead atoms. The van der Waals surface area contributed by atoms with Gasteiger partial charge in [0.25, 0.3) is 0 Å². The minimum Gasteiger partial charge on any atom is -0.374 e. The number of hydrogen-bond donors (Lipinski definition) is 1. The van der Waals surface area contributed by atoms with Crippen molar-refractivity contribution in [3.8, 4) is 0 Å². The third-order valence-corrected chi connectivity index (χ3v) is 5.46. The minimum absolute atomic E-state index is 0.209. The normalized spacial score (nSPS) is 32.5. The van der Waals surface area contributed by atoms with Crippen molar-refractivity contribution in [3.05, 3.63) is 11.6 Å². The lowest BCUT2D eigenvalue weighted by atomic mass is 9.89. The van der Waals surface area contributed by atoms with Crippen LogP contribution < -0.4 is 5.32 Å². The molecule has 0 unspecified atom stereocenters. The molecule has 110 valence electrons. The number of thioether (sulfide) groups is 1. The molecule has 3 heteroatoms. The molecule has 2 nitrogen and oxygen atoms in total. The zero-order chi connectivity index (χ0) is 13.7. The predicted molar refractivity (Wildman–Crippen MR) is 84.9 cm³/mol. The van der Waals surface area contributed by atoms with E-state index in [0.29, 0.717) is 12.1 Å². The van der Waals surface area contributed by atoms with Gasteiger partial charge in [-0.2, -0.15) is 11.8 Å². The van der Waals surface area contributed by atoms with E-state index in [2.05, 4.69) is 43.9 Å². The monoisotopic (exact) mass is 283 g/mol. The van der Waals surface area contributed by atoms with Gasteiger partial charge in [-0.05, 0) is 58.6 Å². The van der Waals surface area contributed by atoms with E-state index < -0.39 is 0 Å². The molecule has 0 aromatic heterocycles. The summed E-state index contributed by atoms with van der Waals surface area (Å²) in [5.74, 6) is 2.49. The molecule has 1 N–H and O–H groups in total. The SMILES string of the molecule is CC(C)=CCC[C@H](C)N[C@H]1CCO[C@@]2(CCSC2)C1. The summed E-state index contributed by atoms with van der Waals surface area (Å²) in [6, 6.07) is 1.28. The van der Waals surface area contributed by atoms with Gasteiger partial charge in [0.1, 0.15) is 0 Å². The van der Waals surface area contributed by atoms with Crippen LogP contribution >= 0.6 is 11.8 Å². The van der Waals surface area contributed by atoms with Gasteiger partial charge in [0.05, 0.1) is 5.60 Å². The second-order valence-corrected chi connectivity index (χ2v) is 7.56. The molecule has 0 radical (unpaired) electrons. The molecule has 3 atom stereocenters. The highest BCUT2D eigenvalue weighted by Crippen LogP contribution is 2.38. The fraction of sp³-hybridized carbons (Fsp3) is 0.875. The average Bonchev–Trinajstić information content (AvgIpc) is 2.76. The van der Waals surface area contributed by atoms with Crippen molar-refractivity contribution in [1.82, 2.24) is 5.32 Å². The van der Waals surface area contributed by atoms with Crippen molar-refractivity contribution in [2.75, 3.05) is 18.1 Å². The van der Waals surface area contributed by atoms with Crippen LogP contribution in [-0.4, -0.2) is 35.8 Å². The molecule has 0 saturated carbocycles. The molecule has 19 heavy (non-hydrogen) atoms. The van der Waals surface area contributed by atoms with Crippen molar-refractivity contribution >= 4 is 11.8 Å². The van der Waals surface area contributed by atoms with Crippen molar-refractivity contribution in [1.29, 1.82) is 0 Å². The highest BCUT2D eigenvalue weighted by molar-refractivity contribution is 7.99. The first kappa shape index (κ1) is 15.4. The molecule has 2 aliphatic rings. The Kier molecular flexibility index (Phi) is 5.79. The maximum absolute atomic E-state index is 6.08. The molecule has 2 rings (SSSR count). The van der Waals surface area contributed by atoms with Gasteiger partial charge < -0.3 is 10.1 Å². The van der Waals surface area contributed by atoms with E-state index in [1.807, 2.05) is 0 Å². The van der Waals surface area contributed by atoms with Crippen molar-refractivity contribution in [2.24, 2.45) is 0 Å². The topological polar surface area (TPSA) is 21.3 Å². The maximum atomic E-state index is 6.08. The predicted octanol–water partition coefficient (Wildman–Crippen LogP) is 3.77. The summed E-state index contributed by atoms with van der Waals surface area (Å²) in [6.45, 7) is 7.62.